The van der Waals surface area contributed by atoms with Crippen molar-refractivity contribution in [3.8, 4) is 11.5 Å². The van der Waals surface area contributed by atoms with E-state index in [9.17, 15) is 0 Å². The molecule has 0 aliphatic rings. The number of nitrogens with zero attached hydrogens (tertiary/aromatic N) is 2. The summed E-state index contributed by atoms with van der Waals surface area (Å²) in [5.74, 6) is 1.56. The number of thiocarbonyl (C=S) groups is 1. The standard InChI is InChI=1S/C26H32N2O2S2/c1-26(2,3)20-10-12-23(13-11-20)30-25(31)28(5)21-8-6-9-24(18-21)29-16-7-15-27(4)22-14-17-32-19-22/h6,8-14,17-19H,7,15-16H2,1-5H3. The van der Waals surface area contributed by atoms with Crippen LogP contribution in [0.15, 0.2) is 65.4 Å². The molecule has 0 aliphatic heterocycles. The smallest absolute Gasteiger partial charge is 0.269 e. The van der Waals surface area contributed by atoms with E-state index in [0.717, 1.165) is 30.2 Å². The van der Waals surface area contributed by atoms with Gasteiger partial charge in [0.2, 0.25) is 0 Å². The normalized spacial score (nSPS) is 11.2. The number of thiophene rings is 1. The molecule has 0 saturated carbocycles. The molecular weight excluding hydrogens is 436 g/mol. The van der Waals surface area contributed by atoms with Gasteiger partial charge in [0.05, 0.1) is 6.61 Å². The van der Waals surface area contributed by atoms with E-state index in [0.29, 0.717) is 11.8 Å². The molecule has 0 atom stereocenters. The summed E-state index contributed by atoms with van der Waals surface area (Å²) in [5.41, 5.74) is 3.54. The van der Waals surface area contributed by atoms with Crippen LogP contribution in [0.3, 0.4) is 0 Å². The van der Waals surface area contributed by atoms with E-state index in [-0.39, 0.29) is 5.41 Å². The molecule has 6 heteroatoms. The van der Waals surface area contributed by atoms with Gasteiger partial charge in [0.25, 0.3) is 5.17 Å². The first-order valence-electron chi connectivity index (χ1n) is 10.8. The summed E-state index contributed by atoms with van der Waals surface area (Å²) in [6, 6.07) is 18.2. The summed E-state index contributed by atoms with van der Waals surface area (Å²) in [6.07, 6.45) is 0.943. The molecule has 170 valence electrons. The molecule has 0 saturated heterocycles. The monoisotopic (exact) mass is 468 g/mol. The van der Waals surface area contributed by atoms with Gasteiger partial charge in [0, 0.05) is 43.5 Å². The molecule has 0 radical (unpaired) electrons. The number of hydrogen-bond acceptors (Lipinski definition) is 5. The number of hydrogen-bond donors (Lipinski definition) is 0. The van der Waals surface area contributed by atoms with Gasteiger partial charge < -0.3 is 19.3 Å². The highest BCUT2D eigenvalue weighted by Gasteiger charge is 2.14. The predicted octanol–water partition coefficient (Wildman–Crippen LogP) is 6.75. The molecule has 3 aromatic rings. The van der Waals surface area contributed by atoms with Gasteiger partial charge in [0.15, 0.2) is 0 Å². The van der Waals surface area contributed by atoms with E-state index in [1.807, 2.05) is 48.3 Å². The Kier molecular flexibility index (Phi) is 8.15. The highest BCUT2D eigenvalue weighted by atomic mass is 32.1. The lowest BCUT2D eigenvalue weighted by molar-refractivity contribution is 0.312. The maximum atomic E-state index is 5.97. The Balaban J connectivity index is 1.51. The average molecular weight is 469 g/mol. The molecule has 0 spiro atoms. The summed E-state index contributed by atoms with van der Waals surface area (Å²) in [4.78, 5) is 4.10. The van der Waals surface area contributed by atoms with Crippen molar-refractivity contribution in [2.24, 2.45) is 0 Å². The number of anilines is 2. The maximum Gasteiger partial charge on any atom is 0.269 e. The van der Waals surface area contributed by atoms with Crippen LogP contribution in [0.5, 0.6) is 11.5 Å². The molecule has 0 fully saturated rings. The zero-order chi connectivity index (χ0) is 23.1. The molecule has 4 nitrogen and oxygen atoms in total. The minimum Gasteiger partial charge on any atom is -0.493 e. The predicted molar refractivity (Wildman–Crippen MR) is 141 cm³/mol. The van der Waals surface area contributed by atoms with Crippen molar-refractivity contribution in [2.75, 3.05) is 37.0 Å². The highest BCUT2D eigenvalue weighted by Crippen LogP contribution is 2.26. The van der Waals surface area contributed by atoms with Gasteiger partial charge in [-0.3, -0.25) is 0 Å². The van der Waals surface area contributed by atoms with Gasteiger partial charge in [-0.05, 0) is 65.3 Å². The Morgan fingerprint density at radius 2 is 1.72 bits per heavy atom. The van der Waals surface area contributed by atoms with Crippen molar-refractivity contribution in [1.82, 2.24) is 0 Å². The van der Waals surface area contributed by atoms with E-state index in [1.54, 1.807) is 11.3 Å². The lowest BCUT2D eigenvalue weighted by Gasteiger charge is -2.22. The Labute approximate surface area is 201 Å². The Bertz CT molecular complexity index is 995. The third-order valence-electron chi connectivity index (χ3n) is 5.26. The van der Waals surface area contributed by atoms with Crippen LogP contribution in [-0.2, 0) is 5.41 Å². The lowest BCUT2D eigenvalue weighted by Crippen LogP contribution is -2.29. The summed E-state index contributed by atoms with van der Waals surface area (Å²) in [5, 5.41) is 4.65. The van der Waals surface area contributed by atoms with Gasteiger partial charge in [0.1, 0.15) is 11.5 Å². The van der Waals surface area contributed by atoms with Crippen molar-refractivity contribution in [2.45, 2.75) is 32.6 Å². The first-order valence-corrected chi connectivity index (χ1v) is 12.1. The van der Waals surface area contributed by atoms with E-state index in [4.69, 9.17) is 21.7 Å². The van der Waals surface area contributed by atoms with Crippen molar-refractivity contribution >= 4 is 40.1 Å². The SMILES string of the molecule is CN(CCCOc1cccc(N(C)C(=S)Oc2ccc(C(C)(C)C)cc2)c1)c1ccsc1. The molecule has 1 aromatic heterocycles. The van der Waals surface area contributed by atoms with Crippen LogP contribution in [0.2, 0.25) is 0 Å². The zero-order valence-corrected chi connectivity index (χ0v) is 21.1. The van der Waals surface area contributed by atoms with Crippen LogP contribution in [0.1, 0.15) is 32.8 Å². The van der Waals surface area contributed by atoms with Crippen LogP contribution in [0.4, 0.5) is 11.4 Å². The van der Waals surface area contributed by atoms with Gasteiger partial charge >= 0.3 is 0 Å². The highest BCUT2D eigenvalue weighted by molar-refractivity contribution is 7.80. The number of ether oxygens (including phenoxy) is 2. The van der Waals surface area contributed by atoms with Gasteiger partial charge in [-0.25, -0.2) is 0 Å². The summed E-state index contributed by atoms with van der Waals surface area (Å²) in [7, 11) is 4.01. The molecule has 0 aliphatic carbocycles. The number of rotatable bonds is 8. The summed E-state index contributed by atoms with van der Waals surface area (Å²) >= 11 is 7.24. The maximum absolute atomic E-state index is 5.97. The third-order valence-corrected chi connectivity index (χ3v) is 6.29. The van der Waals surface area contributed by atoms with E-state index in [2.05, 4.69) is 61.7 Å². The second kappa shape index (κ2) is 10.8. The molecule has 3 rings (SSSR count). The van der Waals surface area contributed by atoms with Crippen LogP contribution in [0.25, 0.3) is 0 Å². The molecule has 0 N–H and O–H groups in total. The van der Waals surface area contributed by atoms with Crippen LogP contribution in [0, 0.1) is 0 Å². The average Bonchev–Trinajstić information content (AvgIpc) is 3.31. The van der Waals surface area contributed by atoms with Crippen LogP contribution < -0.4 is 19.3 Å². The van der Waals surface area contributed by atoms with Crippen molar-refractivity contribution < 1.29 is 9.47 Å². The van der Waals surface area contributed by atoms with Crippen LogP contribution >= 0.6 is 23.6 Å². The van der Waals surface area contributed by atoms with Gasteiger partial charge in [-0.1, -0.05) is 39.0 Å². The van der Waals surface area contributed by atoms with E-state index < -0.39 is 0 Å². The van der Waals surface area contributed by atoms with E-state index in [1.165, 1.54) is 11.3 Å². The van der Waals surface area contributed by atoms with Gasteiger partial charge in [-0.15, -0.1) is 0 Å². The van der Waals surface area contributed by atoms with Crippen molar-refractivity contribution in [1.29, 1.82) is 0 Å². The first kappa shape index (κ1) is 24.1. The largest absolute Gasteiger partial charge is 0.493 e. The Hall–Kier alpha value is -2.57. The fraction of sp³-hybridized carbons (Fsp3) is 0.346. The lowest BCUT2D eigenvalue weighted by atomic mass is 9.87. The molecule has 0 bridgehead atoms. The second-order valence-corrected chi connectivity index (χ2v) is 9.93. The van der Waals surface area contributed by atoms with E-state index >= 15 is 0 Å². The minimum absolute atomic E-state index is 0.107. The van der Waals surface area contributed by atoms with Crippen LogP contribution in [-0.4, -0.2) is 32.4 Å². The molecule has 32 heavy (non-hydrogen) atoms. The molecule has 0 unspecified atom stereocenters. The fourth-order valence-electron chi connectivity index (χ4n) is 3.17. The topological polar surface area (TPSA) is 24.9 Å². The third kappa shape index (κ3) is 6.71. The molecule has 2 aromatic carbocycles. The zero-order valence-electron chi connectivity index (χ0n) is 19.5. The molecule has 0 amide bonds. The Morgan fingerprint density at radius 3 is 2.38 bits per heavy atom. The van der Waals surface area contributed by atoms with Crippen molar-refractivity contribution in [3.63, 3.8) is 0 Å². The molecule has 1 heterocycles. The summed E-state index contributed by atoms with van der Waals surface area (Å²) in [6.45, 7) is 8.18. The quantitative estimate of drug-likeness (QED) is 0.269. The Morgan fingerprint density at radius 1 is 0.969 bits per heavy atom. The first-order chi connectivity index (χ1) is 15.2. The van der Waals surface area contributed by atoms with Crippen molar-refractivity contribution in [3.05, 3.63) is 70.9 Å². The number of benzene rings is 2. The fourth-order valence-corrected chi connectivity index (χ4v) is 4.07. The van der Waals surface area contributed by atoms with Gasteiger partial charge in [-0.2, -0.15) is 11.3 Å². The second-order valence-electron chi connectivity index (χ2n) is 8.80. The molecular formula is C26H32N2O2S2. The minimum atomic E-state index is 0.107. The summed E-state index contributed by atoms with van der Waals surface area (Å²) < 4.78 is 11.9.